The molecule has 2 aromatic rings. The van der Waals surface area contributed by atoms with Crippen molar-refractivity contribution in [1.29, 1.82) is 0 Å². The molecule has 10 heteroatoms. The van der Waals surface area contributed by atoms with Gasteiger partial charge in [0.2, 0.25) is 11.8 Å². The van der Waals surface area contributed by atoms with Crippen LogP contribution in [0.25, 0.3) is 0 Å². The minimum absolute atomic E-state index is 0.119. The Bertz CT molecular complexity index is 1140. The van der Waals surface area contributed by atoms with Gasteiger partial charge in [-0.25, -0.2) is 4.79 Å². The van der Waals surface area contributed by atoms with E-state index in [2.05, 4.69) is 16.0 Å². The molecule has 3 rings (SSSR count). The van der Waals surface area contributed by atoms with Crippen LogP contribution in [0.5, 0.6) is 0 Å². The topological polar surface area (TPSA) is 134 Å². The maximum Gasteiger partial charge on any atom is 0.407 e. The molecule has 0 unspecified atom stereocenters. The lowest BCUT2D eigenvalue weighted by atomic mass is 10.1. The number of rotatable bonds is 10. The summed E-state index contributed by atoms with van der Waals surface area (Å²) in [6.07, 6.45) is 0.0578. The summed E-state index contributed by atoms with van der Waals surface area (Å²) in [5, 5.41) is 8.09. The van der Waals surface area contributed by atoms with Gasteiger partial charge < -0.3 is 20.7 Å². The number of benzene rings is 2. The highest BCUT2D eigenvalue weighted by Crippen LogP contribution is 2.22. The fraction of sp³-hybridized carbons (Fsp3) is 0.370. The first-order chi connectivity index (χ1) is 17.5. The third kappa shape index (κ3) is 8.16. The average Bonchev–Trinajstić information content (AvgIpc) is 3.07. The number of carbonyl (C=O) groups is 5. The first kappa shape index (κ1) is 27.4. The summed E-state index contributed by atoms with van der Waals surface area (Å²) < 4.78 is 5.11. The van der Waals surface area contributed by atoms with E-state index < -0.39 is 11.7 Å². The molecular weight excluding hydrogens is 476 g/mol. The van der Waals surface area contributed by atoms with E-state index in [9.17, 15) is 24.0 Å². The number of ether oxygens (including phenoxy) is 1. The molecule has 0 aliphatic carbocycles. The summed E-state index contributed by atoms with van der Waals surface area (Å²) in [6.45, 7) is 5.93. The van der Waals surface area contributed by atoms with Crippen molar-refractivity contribution in [2.45, 2.75) is 52.2 Å². The van der Waals surface area contributed by atoms with Gasteiger partial charge in [-0.05, 0) is 57.0 Å². The minimum atomic E-state index is -0.598. The SMILES string of the molecule is CC(C)(C)OC(=O)NCCC(=O)NCc1ccc(NC(=O)CCCN2C(=O)c3ccccc3C2=O)cc1. The second kappa shape index (κ2) is 12.2. The number of carbonyl (C=O) groups excluding carboxylic acids is 5. The average molecular weight is 509 g/mol. The highest BCUT2D eigenvalue weighted by molar-refractivity contribution is 6.21. The lowest BCUT2D eigenvalue weighted by Crippen LogP contribution is -2.35. The Hall–Kier alpha value is -4.21. The normalized spacial score (nSPS) is 12.7. The molecule has 1 aliphatic rings. The van der Waals surface area contributed by atoms with Crippen LogP contribution < -0.4 is 16.0 Å². The zero-order valence-corrected chi connectivity index (χ0v) is 21.3. The monoisotopic (exact) mass is 508 g/mol. The highest BCUT2D eigenvalue weighted by atomic mass is 16.6. The molecule has 0 atom stereocenters. The highest BCUT2D eigenvalue weighted by Gasteiger charge is 2.34. The Balaban J connectivity index is 1.33. The molecule has 2 aromatic carbocycles. The molecule has 0 spiro atoms. The number of nitrogens with one attached hydrogen (secondary N) is 3. The van der Waals surface area contributed by atoms with E-state index >= 15 is 0 Å². The van der Waals surface area contributed by atoms with E-state index in [1.54, 1.807) is 69.3 Å². The molecule has 0 radical (unpaired) electrons. The van der Waals surface area contributed by atoms with Crippen LogP contribution in [0.3, 0.4) is 0 Å². The molecule has 0 saturated carbocycles. The smallest absolute Gasteiger partial charge is 0.407 e. The molecular formula is C27H32N4O6. The third-order valence-corrected chi connectivity index (χ3v) is 5.41. The zero-order chi connectivity index (χ0) is 27.0. The summed E-state index contributed by atoms with van der Waals surface area (Å²) in [7, 11) is 0. The minimum Gasteiger partial charge on any atom is -0.444 e. The van der Waals surface area contributed by atoms with Crippen LogP contribution >= 0.6 is 0 Å². The van der Waals surface area contributed by atoms with Crippen molar-refractivity contribution in [3.8, 4) is 0 Å². The Kier molecular flexibility index (Phi) is 9.00. The predicted octanol–water partition coefficient (Wildman–Crippen LogP) is 3.23. The first-order valence-electron chi connectivity index (χ1n) is 12.1. The van der Waals surface area contributed by atoms with Crippen LogP contribution in [-0.2, 0) is 20.9 Å². The predicted molar refractivity (Wildman–Crippen MR) is 137 cm³/mol. The number of amides is 5. The standard InChI is InChI=1S/C27H32N4O6/c1-27(2,3)37-26(36)28-15-14-22(32)29-17-18-10-12-19(13-11-18)30-23(33)9-6-16-31-24(34)20-7-4-5-8-21(20)25(31)35/h4-5,7-8,10-13H,6,9,14-17H2,1-3H3,(H,28,36)(H,29,32)(H,30,33). The van der Waals surface area contributed by atoms with Crippen molar-refractivity contribution < 1.29 is 28.7 Å². The van der Waals surface area contributed by atoms with Gasteiger partial charge in [0.25, 0.3) is 11.8 Å². The second-order valence-electron chi connectivity index (χ2n) is 9.61. The van der Waals surface area contributed by atoms with Gasteiger partial charge >= 0.3 is 6.09 Å². The molecule has 1 heterocycles. The Morgan fingerprint density at radius 1 is 0.838 bits per heavy atom. The molecule has 1 aliphatic heterocycles. The van der Waals surface area contributed by atoms with Gasteiger partial charge in [-0.2, -0.15) is 0 Å². The number of hydrogen-bond acceptors (Lipinski definition) is 6. The van der Waals surface area contributed by atoms with Gasteiger partial charge in [0, 0.05) is 38.2 Å². The number of imide groups is 1. The number of anilines is 1. The number of fused-ring (bicyclic) bond motifs is 1. The van der Waals surface area contributed by atoms with E-state index in [0.29, 0.717) is 29.8 Å². The number of nitrogens with zero attached hydrogens (tertiary/aromatic N) is 1. The number of alkyl carbamates (subject to hydrolysis) is 1. The van der Waals surface area contributed by atoms with Gasteiger partial charge in [0.1, 0.15) is 5.60 Å². The Labute approximate surface area is 215 Å². The molecule has 196 valence electrons. The fourth-order valence-corrected chi connectivity index (χ4v) is 3.65. The van der Waals surface area contributed by atoms with Crippen molar-refractivity contribution >= 4 is 35.4 Å². The van der Waals surface area contributed by atoms with Crippen molar-refractivity contribution in [2.75, 3.05) is 18.4 Å². The van der Waals surface area contributed by atoms with Crippen LogP contribution in [0.4, 0.5) is 10.5 Å². The summed E-state index contributed by atoms with van der Waals surface area (Å²) in [6, 6.07) is 13.7. The summed E-state index contributed by atoms with van der Waals surface area (Å²) in [4.78, 5) is 61.8. The van der Waals surface area contributed by atoms with Crippen LogP contribution in [0.1, 0.15) is 66.3 Å². The molecule has 0 saturated heterocycles. The van der Waals surface area contributed by atoms with Crippen molar-refractivity contribution in [3.63, 3.8) is 0 Å². The van der Waals surface area contributed by atoms with Gasteiger partial charge in [-0.15, -0.1) is 0 Å². The largest absolute Gasteiger partial charge is 0.444 e. The van der Waals surface area contributed by atoms with Crippen LogP contribution in [0.2, 0.25) is 0 Å². The third-order valence-electron chi connectivity index (χ3n) is 5.41. The molecule has 10 nitrogen and oxygen atoms in total. The van der Waals surface area contributed by atoms with E-state index in [0.717, 1.165) is 5.56 Å². The molecule has 0 fully saturated rings. The van der Waals surface area contributed by atoms with E-state index in [1.807, 2.05) is 0 Å². The quantitative estimate of drug-likeness (QED) is 0.422. The van der Waals surface area contributed by atoms with Crippen LogP contribution in [0.15, 0.2) is 48.5 Å². The van der Waals surface area contributed by atoms with E-state index in [-0.39, 0.29) is 49.6 Å². The summed E-state index contributed by atoms with van der Waals surface area (Å²) in [5.41, 5.74) is 1.63. The van der Waals surface area contributed by atoms with E-state index in [1.165, 1.54) is 4.90 Å². The maximum atomic E-state index is 12.4. The Morgan fingerprint density at radius 3 is 2.05 bits per heavy atom. The lowest BCUT2D eigenvalue weighted by molar-refractivity contribution is -0.121. The summed E-state index contributed by atoms with van der Waals surface area (Å²) in [5.74, 6) is -1.10. The molecule has 3 N–H and O–H groups in total. The Morgan fingerprint density at radius 2 is 1.46 bits per heavy atom. The zero-order valence-electron chi connectivity index (χ0n) is 21.3. The maximum absolute atomic E-state index is 12.4. The fourth-order valence-electron chi connectivity index (χ4n) is 3.65. The number of hydrogen-bond donors (Lipinski definition) is 3. The lowest BCUT2D eigenvalue weighted by Gasteiger charge is -2.19. The van der Waals surface area contributed by atoms with Crippen molar-refractivity contribution in [1.82, 2.24) is 15.5 Å². The van der Waals surface area contributed by atoms with Crippen LogP contribution in [0, 0.1) is 0 Å². The molecule has 0 aromatic heterocycles. The second-order valence-corrected chi connectivity index (χ2v) is 9.61. The van der Waals surface area contributed by atoms with Gasteiger partial charge in [-0.1, -0.05) is 24.3 Å². The van der Waals surface area contributed by atoms with Gasteiger partial charge in [0.15, 0.2) is 0 Å². The van der Waals surface area contributed by atoms with Crippen molar-refractivity contribution in [3.05, 3.63) is 65.2 Å². The first-order valence-corrected chi connectivity index (χ1v) is 12.1. The van der Waals surface area contributed by atoms with Gasteiger partial charge in [0.05, 0.1) is 11.1 Å². The van der Waals surface area contributed by atoms with E-state index in [4.69, 9.17) is 4.74 Å². The molecule has 5 amide bonds. The molecule has 37 heavy (non-hydrogen) atoms. The van der Waals surface area contributed by atoms with Gasteiger partial charge in [-0.3, -0.25) is 24.1 Å². The van der Waals surface area contributed by atoms with Crippen molar-refractivity contribution in [2.24, 2.45) is 0 Å². The van der Waals surface area contributed by atoms with Crippen LogP contribution in [-0.4, -0.2) is 53.3 Å². The summed E-state index contributed by atoms with van der Waals surface area (Å²) >= 11 is 0. The molecule has 0 bridgehead atoms.